The van der Waals surface area contributed by atoms with Crippen LogP contribution in [-0.4, -0.2) is 52.5 Å². The summed E-state index contributed by atoms with van der Waals surface area (Å²) in [6.07, 6.45) is -0.391. The Balaban J connectivity index is 0. The number of hydrogen-bond acceptors (Lipinski definition) is 5. The summed E-state index contributed by atoms with van der Waals surface area (Å²) in [6, 6.07) is 0. The van der Waals surface area contributed by atoms with E-state index in [1.54, 1.807) is 0 Å². The van der Waals surface area contributed by atoms with E-state index in [0.29, 0.717) is 6.54 Å². The number of carbonyl (C=O) groups is 1. The number of hydrogen-bond donors (Lipinski definition) is 1. The van der Waals surface area contributed by atoms with Crippen molar-refractivity contribution in [1.82, 2.24) is 5.32 Å². The van der Waals surface area contributed by atoms with Gasteiger partial charge in [0.25, 0.3) is 0 Å². The lowest BCUT2D eigenvalue weighted by molar-refractivity contribution is -0.130. The molecule has 0 atom stereocenters. The van der Waals surface area contributed by atoms with Gasteiger partial charge in [-0.1, -0.05) is 13.8 Å². The Bertz CT molecular complexity index is 214. The summed E-state index contributed by atoms with van der Waals surface area (Å²) in [5.41, 5.74) is 0. The fraction of sp³-hybridized carbons (Fsp3) is 0.929. The molecule has 0 aromatic rings. The first kappa shape index (κ1) is 21.6. The molecule has 0 heterocycles. The molecule has 0 rings (SSSR count). The molecule has 0 aromatic carbocycles. The lowest BCUT2D eigenvalue weighted by Gasteiger charge is -2.14. The van der Waals surface area contributed by atoms with E-state index in [-0.39, 0.29) is 24.4 Å². The Morgan fingerprint density at radius 3 is 1.75 bits per heavy atom. The Morgan fingerprint density at radius 1 is 1.00 bits per heavy atom. The third kappa shape index (κ3) is 13.7. The number of methoxy groups -OCH3 is 2. The van der Waals surface area contributed by atoms with E-state index in [9.17, 15) is 4.79 Å². The van der Waals surface area contributed by atoms with E-state index in [1.807, 2.05) is 34.6 Å². The molecule has 122 valence electrons. The van der Waals surface area contributed by atoms with Crippen molar-refractivity contribution < 1.29 is 23.7 Å². The van der Waals surface area contributed by atoms with Crippen LogP contribution in [0, 0.1) is 5.92 Å². The highest BCUT2D eigenvalue weighted by Gasteiger charge is 2.09. The van der Waals surface area contributed by atoms with Gasteiger partial charge in [0.2, 0.25) is 5.91 Å². The summed E-state index contributed by atoms with van der Waals surface area (Å²) in [5.74, 6) is 0.00784. The third-order valence-corrected chi connectivity index (χ3v) is 2.30. The average molecular weight is 293 g/mol. The van der Waals surface area contributed by atoms with Crippen molar-refractivity contribution in [2.75, 3.05) is 34.0 Å². The maximum absolute atomic E-state index is 11.1. The van der Waals surface area contributed by atoms with E-state index in [0.717, 1.165) is 13.2 Å². The molecule has 0 saturated heterocycles. The van der Waals surface area contributed by atoms with E-state index in [2.05, 4.69) is 5.32 Å². The van der Waals surface area contributed by atoms with E-state index in [4.69, 9.17) is 18.9 Å². The van der Waals surface area contributed by atoms with Gasteiger partial charge in [-0.3, -0.25) is 4.79 Å². The Morgan fingerprint density at radius 2 is 1.45 bits per heavy atom. The molecule has 0 unspecified atom stereocenters. The average Bonchev–Trinajstić information content (AvgIpc) is 2.40. The number of ether oxygens (including phenoxy) is 4. The van der Waals surface area contributed by atoms with Gasteiger partial charge < -0.3 is 24.3 Å². The van der Waals surface area contributed by atoms with Gasteiger partial charge in [0.15, 0.2) is 12.6 Å². The predicted octanol–water partition coefficient (Wildman–Crippen LogP) is 1.78. The van der Waals surface area contributed by atoms with Gasteiger partial charge in [-0.15, -0.1) is 0 Å². The molecular weight excluding hydrogens is 262 g/mol. The highest BCUT2D eigenvalue weighted by Crippen LogP contribution is 1.93. The molecule has 0 radical (unpaired) electrons. The van der Waals surface area contributed by atoms with Crippen LogP contribution >= 0.6 is 0 Å². The van der Waals surface area contributed by atoms with Crippen molar-refractivity contribution in [1.29, 1.82) is 0 Å². The van der Waals surface area contributed by atoms with Crippen molar-refractivity contribution in [2.45, 2.75) is 47.2 Å². The standard InChI is InChI=1S/C8H17NO3.C6H14O2/c1-6(2)8(10)9-5-7(11-3)12-4;1-4-7-6(3)8-5-2/h6-7H,5H2,1-4H3,(H,9,10);6H,4-5H2,1-3H3. The van der Waals surface area contributed by atoms with Crippen LogP contribution in [0.25, 0.3) is 0 Å². The molecule has 20 heavy (non-hydrogen) atoms. The van der Waals surface area contributed by atoms with Gasteiger partial charge in [0, 0.05) is 33.4 Å². The molecule has 6 heteroatoms. The van der Waals surface area contributed by atoms with Crippen molar-refractivity contribution in [3.8, 4) is 0 Å². The molecule has 0 aliphatic heterocycles. The minimum absolute atomic E-state index is 0.000591. The van der Waals surface area contributed by atoms with Gasteiger partial charge >= 0.3 is 0 Å². The summed E-state index contributed by atoms with van der Waals surface area (Å²) < 4.78 is 19.9. The molecule has 0 aliphatic carbocycles. The van der Waals surface area contributed by atoms with Crippen LogP contribution in [0.4, 0.5) is 0 Å². The predicted molar refractivity (Wildman–Crippen MR) is 78.4 cm³/mol. The van der Waals surface area contributed by atoms with Crippen LogP contribution in [0.1, 0.15) is 34.6 Å². The molecular formula is C14H31NO5. The van der Waals surface area contributed by atoms with Gasteiger partial charge in [0.05, 0.1) is 6.54 Å². The number of nitrogens with one attached hydrogen (secondary N) is 1. The van der Waals surface area contributed by atoms with Gasteiger partial charge in [-0.2, -0.15) is 0 Å². The molecule has 0 aliphatic rings. The lowest BCUT2D eigenvalue weighted by Crippen LogP contribution is -2.36. The van der Waals surface area contributed by atoms with Crippen LogP contribution in [0.5, 0.6) is 0 Å². The largest absolute Gasteiger partial charge is 0.354 e. The zero-order chi connectivity index (χ0) is 16.0. The van der Waals surface area contributed by atoms with Crippen molar-refractivity contribution in [2.24, 2.45) is 5.92 Å². The van der Waals surface area contributed by atoms with E-state index in [1.165, 1.54) is 14.2 Å². The summed E-state index contributed by atoms with van der Waals surface area (Å²) in [7, 11) is 3.07. The number of carbonyl (C=O) groups excluding carboxylic acids is 1. The van der Waals surface area contributed by atoms with Crippen LogP contribution < -0.4 is 5.32 Å². The molecule has 0 bridgehead atoms. The summed E-state index contributed by atoms with van der Waals surface area (Å²) >= 11 is 0. The maximum atomic E-state index is 11.1. The minimum atomic E-state index is -0.354. The normalized spacial score (nSPS) is 10.7. The molecule has 1 amide bonds. The fourth-order valence-corrected chi connectivity index (χ4v) is 1.17. The first-order chi connectivity index (χ1) is 9.42. The number of amides is 1. The zero-order valence-electron chi connectivity index (χ0n) is 13.9. The highest BCUT2D eigenvalue weighted by molar-refractivity contribution is 5.77. The fourth-order valence-electron chi connectivity index (χ4n) is 1.17. The molecule has 0 aromatic heterocycles. The molecule has 0 saturated carbocycles. The van der Waals surface area contributed by atoms with Crippen molar-refractivity contribution in [3.63, 3.8) is 0 Å². The van der Waals surface area contributed by atoms with E-state index < -0.39 is 0 Å². The Labute approximate surface area is 123 Å². The third-order valence-electron chi connectivity index (χ3n) is 2.30. The summed E-state index contributed by atoms with van der Waals surface area (Å²) in [6.45, 7) is 11.3. The second kappa shape index (κ2) is 14.7. The molecule has 0 fully saturated rings. The second-order valence-corrected chi connectivity index (χ2v) is 4.28. The van der Waals surface area contributed by atoms with E-state index >= 15 is 0 Å². The van der Waals surface area contributed by atoms with Crippen LogP contribution in [0.2, 0.25) is 0 Å². The van der Waals surface area contributed by atoms with Crippen molar-refractivity contribution in [3.05, 3.63) is 0 Å². The highest BCUT2D eigenvalue weighted by atomic mass is 16.7. The number of rotatable bonds is 9. The van der Waals surface area contributed by atoms with Crippen LogP contribution in [0.3, 0.4) is 0 Å². The Kier molecular flexibility index (Phi) is 15.9. The lowest BCUT2D eigenvalue weighted by atomic mass is 10.2. The van der Waals surface area contributed by atoms with Gasteiger partial charge in [-0.05, 0) is 20.8 Å². The maximum Gasteiger partial charge on any atom is 0.222 e. The zero-order valence-corrected chi connectivity index (χ0v) is 13.9. The first-order valence-corrected chi connectivity index (χ1v) is 6.99. The van der Waals surface area contributed by atoms with Crippen molar-refractivity contribution >= 4 is 5.91 Å². The van der Waals surface area contributed by atoms with Crippen LogP contribution in [-0.2, 0) is 23.7 Å². The van der Waals surface area contributed by atoms with Gasteiger partial charge in [-0.25, -0.2) is 0 Å². The molecule has 1 N–H and O–H groups in total. The summed E-state index contributed by atoms with van der Waals surface area (Å²) in [5, 5.41) is 2.70. The molecule has 6 nitrogen and oxygen atoms in total. The van der Waals surface area contributed by atoms with Crippen LogP contribution in [0.15, 0.2) is 0 Å². The second-order valence-electron chi connectivity index (χ2n) is 4.28. The minimum Gasteiger partial charge on any atom is -0.354 e. The smallest absolute Gasteiger partial charge is 0.222 e. The quantitative estimate of drug-likeness (QED) is 0.656. The summed E-state index contributed by atoms with van der Waals surface area (Å²) in [4.78, 5) is 11.1. The monoisotopic (exact) mass is 293 g/mol. The SMILES string of the molecule is CCOC(C)OCC.COC(CNC(=O)C(C)C)OC. The topological polar surface area (TPSA) is 66.0 Å². The molecule has 0 spiro atoms. The first-order valence-electron chi connectivity index (χ1n) is 6.99. The Hall–Kier alpha value is -0.690. The van der Waals surface area contributed by atoms with Gasteiger partial charge in [0.1, 0.15) is 0 Å².